The quantitative estimate of drug-likeness (QED) is 0.481. The van der Waals surface area contributed by atoms with E-state index in [1.54, 1.807) is 0 Å². The van der Waals surface area contributed by atoms with Crippen LogP contribution in [0.5, 0.6) is 5.75 Å². The molecule has 0 spiro atoms. The molecule has 0 amide bonds. The molecule has 1 aliphatic carbocycles. The van der Waals surface area contributed by atoms with Crippen LogP contribution in [0.15, 0.2) is 12.1 Å². The third-order valence-corrected chi connectivity index (χ3v) is 9.60. The van der Waals surface area contributed by atoms with Gasteiger partial charge in [0.25, 0.3) is 0 Å². The van der Waals surface area contributed by atoms with Gasteiger partial charge in [-0.1, -0.05) is 20.8 Å². The maximum atomic E-state index is 13.9. The lowest BCUT2D eigenvalue weighted by Crippen LogP contribution is -2.43. The standard InChI is InChI=1S/C17H24F2O3Si/c1-4-23(5-2,6-3)22-17(9-10-17)12-21-14-8-7-13(11-20)15(18)16(14)19/h7-8,11H,4-6,9-10,12H2,1-3H3. The average molecular weight is 342 g/mol. The van der Waals surface area contributed by atoms with E-state index in [0.717, 1.165) is 31.0 Å². The molecule has 1 aromatic carbocycles. The predicted molar refractivity (Wildman–Crippen MR) is 87.5 cm³/mol. The number of carbonyl (C=O) groups excluding carboxylic acids is 1. The second-order valence-electron chi connectivity index (χ2n) is 6.22. The van der Waals surface area contributed by atoms with Crippen molar-refractivity contribution in [1.29, 1.82) is 0 Å². The van der Waals surface area contributed by atoms with Crippen molar-refractivity contribution in [2.45, 2.75) is 57.3 Å². The molecule has 3 nitrogen and oxygen atoms in total. The van der Waals surface area contributed by atoms with Crippen LogP contribution < -0.4 is 4.74 Å². The third kappa shape index (κ3) is 3.80. The zero-order chi connectivity index (χ0) is 17.1. The second-order valence-corrected chi connectivity index (χ2v) is 10.9. The lowest BCUT2D eigenvalue weighted by atomic mass is 10.2. The molecule has 2 rings (SSSR count). The van der Waals surface area contributed by atoms with E-state index in [0.29, 0.717) is 0 Å². The number of hydrogen-bond donors (Lipinski definition) is 0. The molecule has 1 aliphatic rings. The maximum absolute atomic E-state index is 13.9. The van der Waals surface area contributed by atoms with Gasteiger partial charge in [0.2, 0.25) is 5.82 Å². The zero-order valence-corrected chi connectivity index (χ0v) is 15.0. The molecule has 0 saturated heterocycles. The van der Waals surface area contributed by atoms with Crippen LogP contribution in [0.1, 0.15) is 44.0 Å². The van der Waals surface area contributed by atoms with E-state index in [-0.39, 0.29) is 29.8 Å². The lowest BCUT2D eigenvalue weighted by Gasteiger charge is -2.33. The molecule has 0 heterocycles. The monoisotopic (exact) mass is 342 g/mol. The molecule has 0 aliphatic heterocycles. The fourth-order valence-corrected chi connectivity index (χ4v) is 5.91. The van der Waals surface area contributed by atoms with Gasteiger partial charge in [0.15, 0.2) is 26.2 Å². The molecule has 1 saturated carbocycles. The summed E-state index contributed by atoms with van der Waals surface area (Å²) in [5.74, 6) is -2.45. The zero-order valence-electron chi connectivity index (χ0n) is 14.0. The van der Waals surface area contributed by atoms with Gasteiger partial charge in [-0.15, -0.1) is 0 Å². The average Bonchev–Trinajstić information content (AvgIpc) is 3.34. The topological polar surface area (TPSA) is 35.5 Å². The van der Waals surface area contributed by atoms with Crippen LogP contribution in [0, 0.1) is 11.6 Å². The Kier molecular flexibility index (Phi) is 5.57. The van der Waals surface area contributed by atoms with E-state index in [4.69, 9.17) is 9.16 Å². The number of halogens is 2. The summed E-state index contributed by atoms with van der Waals surface area (Å²) < 4.78 is 39.5. The first kappa shape index (κ1) is 18.1. The first-order valence-electron chi connectivity index (χ1n) is 8.21. The maximum Gasteiger partial charge on any atom is 0.201 e. The molecule has 1 aromatic rings. The van der Waals surface area contributed by atoms with Gasteiger partial charge in [-0.2, -0.15) is 4.39 Å². The summed E-state index contributed by atoms with van der Waals surface area (Å²) in [6, 6.07) is 5.64. The Bertz CT molecular complexity index is 561. The SMILES string of the molecule is CC[Si](CC)(CC)OC1(COc2ccc(C=O)c(F)c2F)CC1. The molecule has 0 bridgehead atoms. The summed E-state index contributed by atoms with van der Waals surface area (Å²) >= 11 is 0. The van der Waals surface area contributed by atoms with Crippen molar-refractivity contribution in [3.05, 3.63) is 29.3 Å². The Labute approximate surface area is 137 Å². The van der Waals surface area contributed by atoms with Crippen molar-refractivity contribution in [3.63, 3.8) is 0 Å². The Morgan fingerprint density at radius 1 is 1.13 bits per heavy atom. The highest BCUT2D eigenvalue weighted by atomic mass is 28.4. The lowest BCUT2D eigenvalue weighted by molar-refractivity contribution is 0.0943. The number of ether oxygens (including phenoxy) is 1. The first-order chi connectivity index (χ1) is 10.9. The minimum atomic E-state index is -1.76. The molecule has 0 N–H and O–H groups in total. The highest BCUT2D eigenvalue weighted by molar-refractivity contribution is 6.73. The van der Waals surface area contributed by atoms with Gasteiger partial charge in [-0.05, 0) is 43.1 Å². The summed E-state index contributed by atoms with van der Waals surface area (Å²) in [4.78, 5) is 10.6. The Hall–Kier alpha value is -1.27. The molecule has 0 radical (unpaired) electrons. The van der Waals surface area contributed by atoms with Crippen LogP contribution in [0.4, 0.5) is 8.78 Å². The van der Waals surface area contributed by atoms with Gasteiger partial charge in [0.05, 0.1) is 11.2 Å². The van der Waals surface area contributed by atoms with Crippen molar-refractivity contribution >= 4 is 14.6 Å². The Morgan fingerprint density at radius 3 is 2.22 bits per heavy atom. The van der Waals surface area contributed by atoms with E-state index in [1.165, 1.54) is 12.1 Å². The van der Waals surface area contributed by atoms with Crippen LogP contribution in [0.25, 0.3) is 0 Å². The van der Waals surface area contributed by atoms with Crippen molar-refractivity contribution in [3.8, 4) is 5.75 Å². The third-order valence-electron chi connectivity index (χ3n) is 4.87. The number of benzene rings is 1. The molecule has 23 heavy (non-hydrogen) atoms. The van der Waals surface area contributed by atoms with Gasteiger partial charge in [0, 0.05) is 0 Å². The van der Waals surface area contributed by atoms with E-state index in [2.05, 4.69) is 20.8 Å². The predicted octanol–water partition coefficient (Wildman–Crippen LogP) is 4.71. The first-order valence-corrected chi connectivity index (χ1v) is 10.7. The molecule has 0 atom stereocenters. The second kappa shape index (κ2) is 7.09. The highest BCUT2D eigenvalue weighted by Gasteiger charge is 2.50. The van der Waals surface area contributed by atoms with Gasteiger partial charge in [-0.25, -0.2) is 4.39 Å². The molecule has 0 aromatic heterocycles. The van der Waals surface area contributed by atoms with E-state index in [9.17, 15) is 13.6 Å². The van der Waals surface area contributed by atoms with Crippen molar-refractivity contribution in [2.75, 3.05) is 6.61 Å². The van der Waals surface area contributed by atoms with Gasteiger partial charge in [-0.3, -0.25) is 4.79 Å². The highest BCUT2D eigenvalue weighted by Crippen LogP contribution is 2.44. The fraction of sp³-hybridized carbons (Fsp3) is 0.588. The fourth-order valence-electron chi connectivity index (χ4n) is 2.80. The molecule has 1 fully saturated rings. The minimum absolute atomic E-state index is 0.167. The summed E-state index contributed by atoms with van der Waals surface area (Å²) in [6.45, 7) is 6.69. The Morgan fingerprint density at radius 2 is 1.74 bits per heavy atom. The molecular weight excluding hydrogens is 318 g/mol. The number of rotatable bonds is 9. The van der Waals surface area contributed by atoms with Crippen LogP contribution in [0.2, 0.25) is 18.1 Å². The van der Waals surface area contributed by atoms with Crippen LogP contribution in [-0.4, -0.2) is 26.8 Å². The number of aldehydes is 1. The Balaban J connectivity index is 2.06. The van der Waals surface area contributed by atoms with E-state index < -0.39 is 20.0 Å². The molecule has 6 heteroatoms. The normalized spacial score (nSPS) is 16.2. The van der Waals surface area contributed by atoms with Crippen molar-refractivity contribution in [1.82, 2.24) is 0 Å². The van der Waals surface area contributed by atoms with Crippen LogP contribution in [-0.2, 0) is 4.43 Å². The largest absolute Gasteiger partial charge is 0.487 e. The van der Waals surface area contributed by atoms with E-state index in [1.807, 2.05) is 0 Å². The number of carbonyl (C=O) groups is 1. The minimum Gasteiger partial charge on any atom is -0.487 e. The van der Waals surface area contributed by atoms with Gasteiger partial charge in [0.1, 0.15) is 6.61 Å². The summed E-state index contributed by atoms with van der Waals surface area (Å²) in [5.41, 5.74) is -0.651. The summed E-state index contributed by atoms with van der Waals surface area (Å²) in [6.07, 6.45) is 2.06. The molecule has 0 unspecified atom stereocenters. The van der Waals surface area contributed by atoms with Crippen molar-refractivity contribution < 1.29 is 22.7 Å². The number of hydrogen-bond acceptors (Lipinski definition) is 3. The van der Waals surface area contributed by atoms with Crippen LogP contribution in [0.3, 0.4) is 0 Å². The molecular formula is C17H24F2O3Si. The van der Waals surface area contributed by atoms with Crippen LogP contribution >= 0.6 is 0 Å². The smallest absolute Gasteiger partial charge is 0.201 e. The van der Waals surface area contributed by atoms with Gasteiger partial charge >= 0.3 is 0 Å². The summed E-state index contributed by atoms with van der Waals surface area (Å²) in [7, 11) is -1.76. The van der Waals surface area contributed by atoms with E-state index >= 15 is 0 Å². The molecule has 128 valence electrons. The van der Waals surface area contributed by atoms with Crippen molar-refractivity contribution in [2.24, 2.45) is 0 Å². The van der Waals surface area contributed by atoms with Gasteiger partial charge < -0.3 is 9.16 Å². The summed E-state index contributed by atoms with van der Waals surface area (Å²) in [5, 5.41) is 0.